The summed E-state index contributed by atoms with van der Waals surface area (Å²) in [6, 6.07) is 0. The summed E-state index contributed by atoms with van der Waals surface area (Å²) in [6.45, 7) is 8.02. The van der Waals surface area contributed by atoms with E-state index in [4.69, 9.17) is 28.0 Å². The molecule has 2 rings (SSSR count). The molecule has 4 atom stereocenters. The van der Waals surface area contributed by atoms with Crippen LogP contribution in [0.2, 0.25) is 0 Å². The molecule has 0 saturated carbocycles. The summed E-state index contributed by atoms with van der Waals surface area (Å²) in [7, 11) is -1.51. The monoisotopic (exact) mass is 338 g/mol. The van der Waals surface area contributed by atoms with Crippen molar-refractivity contribution in [3.63, 3.8) is 0 Å². The van der Waals surface area contributed by atoms with E-state index < -0.39 is 19.7 Å². The number of hydrogen-bond donors (Lipinski definition) is 0. The first-order chi connectivity index (χ1) is 10.3. The highest BCUT2D eigenvalue weighted by atomic mass is 31.2. The maximum absolute atomic E-state index is 12.5. The molecule has 0 aromatic rings. The van der Waals surface area contributed by atoms with Gasteiger partial charge < -0.3 is 28.0 Å². The molecule has 0 aliphatic carbocycles. The van der Waals surface area contributed by atoms with Crippen molar-refractivity contribution in [3.8, 4) is 0 Å². The highest BCUT2D eigenvalue weighted by Crippen LogP contribution is 2.50. The van der Waals surface area contributed by atoms with Gasteiger partial charge in [-0.05, 0) is 34.1 Å². The lowest BCUT2D eigenvalue weighted by Gasteiger charge is -2.24. The highest BCUT2D eigenvalue weighted by Gasteiger charge is 2.55. The summed E-state index contributed by atoms with van der Waals surface area (Å²) >= 11 is 0. The van der Waals surface area contributed by atoms with Crippen molar-refractivity contribution in [3.05, 3.63) is 0 Å². The second-order valence-corrected chi connectivity index (χ2v) is 7.99. The van der Waals surface area contributed by atoms with Crippen molar-refractivity contribution in [2.24, 2.45) is 0 Å². The Hall–Kier alpha value is -0.0100. The average molecular weight is 338 g/mol. The maximum Gasteiger partial charge on any atom is 0.330 e. The van der Waals surface area contributed by atoms with Gasteiger partial charge in [0.25, 0.3) is 0 Å². The van der Waals surface area contributed by atoms with E-state index in [1.165, 1.54) is 0 Å². The molecular weight excluding hydrogens is 311 g/mol. The van der Waals surface area contributed by atoms with Crippen LogP contribution in [0.4, 0.5) is 0 Å². The second-order valence-electron chi connectivity index (χ2n) is 5.80. The van der Waals surface area contributed by atoms with Crippen molar-refractivity contribution in [2.75, 3.05) is 26.5 Å². The van der Waals surface area contributed by atoms with Gasteiger partial charge in [-0.1, -0.05) is 0 Å². The van der Waals surface area contributed by atoms with Crippen LogP contribution in [0.1, 0.15) is 34.1 Å². The van der Waals surface area contributed by atoms with Crippen molar-refractivity contribution < 1.29 is 32.6 Å². The molecule has 0 bridgehead atoms. The summed E-state index contributed by atoms with van der Waals surface area (Å²) < 4.78 is 46.0. The number of fused-ring (bicyclic) bond motifs is 1. The Labute approximate surface area is 132 Å². The minimum Gasteiger partial charge on any atom is -0.353 e. The fraction of sp³-hybridized carbons (Fsp3) is 1.00. The van der Waals surface area contributed by atoms with Gasteiger partial charge in [0.15, 0.2) is 12.1 Å². The Balaban J connectivity index is 1.99. The molecular formula is C14H27O7P. The Morgan fingerprint density at radius 3 is 2.23 bits per heavy atom. The van der Waals surface area contributed by atoms with Crippen LogP contribution in [0, 0.1) is 0 Å². The van der Waals surface area contributed by atoms with E-state index in [-0.39, 0.29) is 24.5 Å². The minimum absolute atomic E-state index is 0.239. The lowest BCUT2D eigenvalue weighted by Crippen LogP contribution is -2.30. The molecule has 0 aromatic carbocycles. The third-order valence-electron chi connectivity index (χ3n) is 3.68. The number of hydrogen-bond acceptors (Lipinski definition) is 7. The van der Waals surface area contributed by atoms with E-state index >= 15 is 0 Å². The normalized spacial score (nSPS) is 34.0. The van der Waals surface area contributed by atoms with Gasteiger partial charge in [0.05, 0.1) is 25.5 Å². The van der Waals surface area contributed by atoms with E-state index in [0.717, 1.165) is 0 Å². The first-order valence-electron chi connectivity index (χ1n) is 7.76. The van der Waals surface area contributed by atoms with E-state index in [9.17, 15) is 4.57 Å². The molecule has 2 fully saturated rings. The fourth-order valence-electron chi connectivity index (χ4n) is 2.91. The van der Waals surface area contributed by atoms with Crippen LogP contribution in [-0.2, 0) is 32.6 Å². The SMILES string of the molecule is CCOP(=O)(CCC1O[C@@H](OC)[C@@H]2OC(C)(C)O[C@H]12)OCC. The lowest BCUT2D eigenvalue weighted by atomic mass is 10.1. The van der Waals surface area contributed by atoms with Crippen LogP contribution in [0.3, 0.4) is 0 Å². The summed E-state index contributed by atoms with van der Waals surface area (Å²) in [6.07, 6.45) is -0.470. The molecule has 0 amide bonds. The van der Waals surface area contributed by atoms with Crippen molar-refractivity contribution in [2.45, 2.75) is 64.5 Å². The molecule has 0 spiro atoms. The van der Waals surface area contributed by atoms with E-state index in [1.807, 2.05) is 13.8 Å². The summed E-state index contributed by atoms with van der Waals surface area (Å²) in [4.78, 5) is 0. The first-order valence-corrected chi connectivity index (χ1v) is 9.49. The van der Waals surface area contributed by atoms with Gasteiger partial charge in [0.2, 0.25) is 0 Å². The van der Waals surface area contributed by atoms with E-state index in [1.54, 1.807) is 21.0 Å². The van der Waals surface area contributed by atoms with Gasteiger partial charge in [-0.2, -0.15) is 0 Å². The van der Waals surface area contributed by atoms with Crippen molar-refractivity contribution in [1.82, 2.24) is 0 Å². The third kappa shape index (κ3) is 4.09. The molecule has 2 saturated heterocycles. The Morgan fingerprint density at radius 2 is 1.68 bits per heavy atom. The summed E-state index contributed by atoms with van der Waals surface area (Å²) in [5, 5.41) is 0. The van der Waals surface area contributed by atoms with Gasteiger partial charge >= 0.3 is 7.60 Å². The number of ether oxygens (including phenoxy) is 4. The average Bonchev–Trinajstić information content (AvgIpc) is 2.90. The summed E-state index contributed by atoms with van der Waals surface area (Å²) in [5.74, 6) is -0.669. The molecule has 2 heterocycles. The molecule has 8 heteroatoms. The number of rotatable bonds is 8. The minimum atomic E-state index is -3.09. The quantitative estimate of drug-likeness (QED) is 0.630. The Morgan fingerprint density at radius 1 is 1.09 bits per heavy atom. The standard InChI is InChI=1S/C14H27O7P/c1-6-17-22(15,18-7-2)9-8-10-11-12(13(16-5)19-10)21-14(3,4)20-11/h10-13H,6-9H2,1-5H3/t10?,11-,12-,13-/m1/s1. The molecule has 0 aromatic heterocycles. The van der Waals surface area contributed by atoms with Gasteiger partial charge in [0, 0.05) is 7.11 Å². The van der Waals surface area contributed by atoms with Gasteiger partial charge in [-0.25, -0.2) is 0 Å². The van der Waals surface area contributed by atoms with Crippen LogP contribution >= 0.6 is 7.60 Å². The van der Waals surface area contributed by atoms with Crippen LogP contribution in [0.15, 0.2) is 0 Å². The van der Waals surface area contributed by atoms with Gasteiger partial charge in [-0.3, -0.25) is 4.57 Å². The molecule has 2 aliphatic heterocycles. The van der Waals surface area contributed by atoms with Gasteiger partial charge in [-0.15, -0.1) is 0 Å². The van der Waals surface area contributed by atoms with E-state index in [0.29, 0.717) is 19.6 Å². The van der Waals surface area contributed by atoms with Crippen LogP contribution < -0.4 is 0 Å². The molecule has 7 nitrogen and oxygen atoms in total. The zero-order valence-corrected chi connectivity index (χ0v) is 14.8. The largest absolute Gasteiger partial charge is 0.353 e. The van der Waals surface area contributed by atoms with Crippen LogP contribution in [0.25, 0.3) is 0 Å². The van der Waals surface area contributed by atoms with Crippen molar-refractivity contribution in [1.29, 1.82) is 0 Å². The Kier molecular flexibility index (Phi) is 6.05. The van der Waals surface area contributed by atoms with E-state index in [2.05, 4.69) is 0 Å². The smallest absolute Gasteiger partial charge is 0.330 e. The highest BCUT2D eigenvalue weighted by molar-refractivity contribution is 7.53. The third-order valence-corrected chi connectivity index (χ3v) is 5.79. The lowest BCUT2D eigenvalue weighted by molar-refractivity contribution is -0.227. The number of methoxy groups -OCH3 is 1. The predicted octanol–water partition coefficient (Wildman–Crippen LogP) is 2.53. The molecule has 1 unspecified atom stereocenters. The van der Waals surface area contributed by atoms with Crippen molar-refractivity contribution >= 4 is 7.60 Å². The zero-order chi connectivity index (χ0) is 16.4. The maximum atomic E-state index is 12.5. The first kappa shape index (κ1) is 18.3. The Bertz CT molecular complexity index is 404. The fourth-order valence-corrected chi connectivity index (χ4v) is 4.60. The topological polar surface area (TPSA) is 72.5 Å². The molecule has 2 aliphatic rings. The molecule has 130 valence electrons. The molecule has 0 radical (unpaired) electrons. The van der Waals surface area contributed by atoms with Crippen LogP contribution in [-0.4, -0.2) is 56.9 Å². The van der Waals surface area contributed by atoms with Gasteiger partial charge in [0.1, 0.15) is 12.2 Å². The second kappa shape index (κ2) is 7.26. The van der Waals surface area contributed by atoms with Crippen LogP contribution in [0.5, 0.6) is 0 Å². The molecule has 0 N–H and O–H groups in total. The zero-order valence-electron chi connectivity index (χ0n) is 13.9. The molecule has 22 heavy (non-hydrogen) atoms. The summed E-state index contributed by atoms with van der Waals surface area (Å²) in [5.41, 5.74) is 0. The predicted molar refractivity (Wildman–Crippen MR) is 79.8 cm³/mol.